The summed E-state index contributed by atoms with van der Waals surface area (Å²) in [7, 11) is 0. The first-order chi connectivity index (χ1) is 10.0. The molecule has 4 heteroatoms. The zero-order valence-electron chi connectivity index (χ0n) is 13.7. The van der Waals surface area contributed by atoms with E-state index in [0.717, 1.165) is 18.7 Å². The first-order valence-electron chi connectivity index (χ1n) is 7.85. The number of esters is 1. The van der Waals surface area contributed by atoms with E-state index >= 15 is 0 Å². The Morgan fingerprint density at radius 1 is 1.29 bits per heavy atom. The van der Waals surface area contributed by atoms with Crippen molar-refractivity contribution in [3.8, 4) is 0 Å². The van der Waals surface area contributed by atoms with Crippen molar-refractivity contribution in [2.75, 3.05) is 23.8 Å². The minimum Gasteiger partial charge on any atom is -0.462 e. The van der Waals surface area contributed by atoms with E-state index in [-0.39, 0.29) is 12.0 Å². The van der Waals surface area contributed by atoms with Crippen LogP contribution in [0.25, 0.3) is 0 Å². The first-order valence-corrected chi connectivity index (χ1v) is 7.85. The van der Waals surface area contributed by atoms with Crippen molar-refractivity contribution in [3.63, 3.8) is 0 Å². The van der Waals surface area contributed by atoms with Crippen LogP contribution in [0.15, 0.2) is 18.2 Å². The molecule has 0 spiro atoms. The van der Waals surface area contributed by atoms with E-state index in [1.807, 2.05) is 13.0 Å². The molecule has 4 nitrogen and oxygen atoms in total. The number of anilines is 2. The lowest BCUT2D eigenvalue weighted by atomic mass is 10.1. The Labute approximate surface area is 128 Å². The van der Waals surface area contributed by atoms with Gasteiger partial charge in [-0.3, -0.25) is 0 Å². The fourth-order valence-electron chi connectivity index (χ4n) is 2.42. The van der Waals surface area contributed by atoms with Crippen molar-refractivity contribution < 1.29 is 9.53 Å². The van der Waals surface area contributed by atoms with E-state index in [1.165, 1.54) is 12.8 Å². The summed E-state index contributed by atoms with van der Waals surface area (Å²) in [6.45, 7) is 9.49. The van der Waals surface area contributed by atoms with Gasteiger partial charge in [-0.2, -0.15) is 0 Å². The number of carbonyl (C=O) groups is 1. The lowest BCUT2D eigenvalue weighted by Gasteiger charge is -2.31. The van der Waals surface area contributed by atoms with Gasteiger partial charge < -0.3 is 15.4 Å². The van der Waals surface area contributed by atoms with Gasteiger partial charge in [0.15, 0.2) is 0 Å². The van der Waals surface area contributed by atoms with Gasteiger partial charge in [-0.15, -0.1) is 0 Å². The third kappa shape index (κ3) is 4.66. The summed E-state index contributed by atoms with van der Waals surface area (Å²) in [5.41, 5.74) is 8.14. The normalized spacial score (nSPS) is 10.7. The van der Waals surface area contributed by atoms with Crippen molar-refractivity contribution in [3.05, 3.63) is 23.8 Å². The highest BCUT2D eigenvalue weighted by Crippen LogP contribution is 2.30. The minimum atomic E-state index is -0.305. The second kappa shape index (κ2) is 8.55. The molecule has 0 radical (unpaired) electrons. The SMILES string of the molecule is CCCCCN(c1c(N)cccc1C(=O)OCC)C(C)C. The van der Waals surface area contributed by atoms with Gasteiger partial charge in [0.05, 0.1) is 23.5 Å². The second-order valence-corrected chi connectivity index (χ2v) is 5.46. The zero-order chi connectivity index (χ0) is 15.8. The number of unbranched alkanes of at least 4 members (excludes halogenated alkanes) is 2. The highest BCUT2D eigenvalue weighted by Gasteiger charge is 2.21. The molecule has 0 aliphatic carbocycles. The number of carbonyl (C=O) groups excluding carboxylic acids is 1. The summed E-state index contributed by atoms with van der Waals surface area (Å²) in [5.74, 6) is -0.305. The van der Waals surface area contributed by atoms with Crippen molar-refractivity contribution in [2.24, 2.45) is 0 Å². The summed E-state index contributed by atoms with van der Waals surface area (Å²) in [6, 6.07) is 5.71. The molecule has 0 amide bonds. The van der Waals surface area contributed by atoms with Gasteiger partial charge in [0.25, 0.3) is 0 Å². The van der Waals surface area contributed by atoms with E-state index in [2.05, 4.69) is 25.7 Å². The molecule has 0 fully saturated rings. The lowest BCUT2D eigenvalue weighted by Crippen LogP contribution is -2.34. The summed E-state index contributed by atoms with van der Waals surface area (Å²) >= 11 is 0. The number of rotatable bonds is 8. The molecule has 1 aromatic carbocycles. The number of para-hydroxylation sites is 1. The van der Waals surface area contributed by atoms with Gasteiger partial charge in [-0.1, -0.05) is 25.8 Å². The molecule has 1 aromatic rings. The van der Waals surface area contributed by atoms with Crippen LogP contribution in [0.2, 0.25) is 0 Å². The van der Waals surface area contributed by atoms with Gasteiger partial charge in [0, 0.05) is 12.6 Å². The standard InChI is InChI=1S/C17H28N2O2/c1-5-7-8-12-19(13(3)4)16-14(17(20)21-6-2)10-9-11-15(16)18/h9-11,13H,5-8,12,18H2,1-4H3. The zero-order valence-corrected chi connectivity index (χ0v) is 13.7. The Morgan fingerprint density at radius 2 is 2.00 bits per heavy atom. The molecular formula is C17H28N2O2. The predicted octanol–water partition coefficient (Wildman–Crippen LogP) is 3.85. The van der Waals surface area contributed by atoms with E-state index in [0.29, 0.717) is 17.9 Å². The van der Waals surface area contributed by atoms with Crippen LogP contribution in [0.1, 0.15) is 57.3 Å². The molecule has 2 N–H and O–H groups in total. The van der Waals surface area contributed by atoms with Gasteiger partial charge in [-0.05, 0) is 39.3 Å². The summed E-state index contributed by atoms with van der Waals surface area (Å²) in [5, 5.41) is 0. The van der Waals surface area contributed by atoms with Crippen LogP contribution >= 0.6 is 0 Å². The Morgan fingerprint density at radius 3 is 2.57 bits per heavy atom. The van der Waals surface area contributed by atoms with Crippen LogP contribution < -0.4 is 10.6 Å². The molecule has 21 heavy (non-hydrogen) atoms. The van der Waals surface area contributed by atoms with Crippen LogP contribution in [-0.4, -0.2) is 25.2 Å². The molecule has 0 aliphatic heterocycles. The molecule has 0 bridgehead atoms. The Balaban J connectivity index is 3.13. The number of hydrogen-bond acceptors (Lipinski definition) is 4. The van der Waals surface area contributed by atoms with Gasteiger partial charge in [0.2, 0.25) is 0 Å². The Bertz CT molecular complexity index is 458. The maximum absolute atomic E-state index is 12.2. The molecule has 0 unspecified atom stereocenters. The largest absolute Gasteiger partial charge is 0.462 e. The van der Waals surface area contributed by atoms with E-state index in [4.69, 9.17) is 10.5 Å². The van der Waals surface area contributed by atoms with E-state index in [9.17, 15) is 4.79 Å². The quantitative estimate of drug-likeness (QED) is 0.449. The highest BCUT2D eigenvalue weighted by molar-refractivity contribution is 5.99. The van der Waals surface area contributed by atoms with Crippen molar-refractivity contribution >= 4 is 17.3 Å². The summed E-state index contributed by atoms with van der Waals surface area (Å²) in [6.07, 6.45) is 3.43. The molecular weight excluding hydrogens is 264 g/mol. The van der Waals surface area contributed by atoms with Crippen molar-refractivity contribution in [1.29, 1.82) is 0 Å². The van der Waals surface area contributed by atoms with Crippen molar-refractivity contribution in [2.45, 2.75) is 53.0 Å². The van der Waals surface area contributed by atoms with Gasteiger partial charge >= 0.3 is 5.97 Å². The summed E-state index contributed by atoms with van der Waals surface area (Å²) in [4.78, 5) is 14.4. The Kier molecular flexibility index (Phi) is 7.06. The van der Waals surface area contributed by atoms with Crippen LogP contribution in [0.4, 0.5) is 11.4 Å². The van der Waals surface area contributed by atoms with Crippen LogP contribution in [0, 0.1) is 0 Å². The average Bonchev–Trinajstić information content (AvgIpc) is 2.44. The number of ether oxygens (including phenoxy) is 1. The lowest BCUT2D eigenvalue weighted by molar-refractivity contribution is 0.0527. The van der Waals surface area contributed by atoms with Crippen LogP contribution in [0.3, 0.4) is 0 Å². The fourth-order valence-corrected chi connectivity index (χ4v) is 2.42. The molecule has 0 saturated carbocycles. The molecule has 0 aliphatic rings. The molecule has 118 valence electrons. The average molecular weight is 292 g/mol. The molecule has 1 rings (SSSR count). The number of nitrogen functional groups attached to an aromatic ring is 1. The predicted molar refractivity (Wildman–Crippen MR) is 88.8 cm³/mol. The third-order valence-corrected chi connectivity index (χ3v) is 3.48. The first kappa shape index (κ1) is 17.3. The maximum atomic E-state index is 12.2. The molecule has 0 saturated heterocycles. The van der Waals surface area contributed by atoms with Gasteiger partial charge in [0.1, 0.15) is 0 Å². The number of nitrogens with two attached hydrogens (primary N) is 1. The maximum Gasteiger partial charge on any atom is 0.340 e. The number of nitrogens with zero attached hydrogens (tertiary/aromatic N) is 1. The van der Waals surface area contributed by atoms with Crippen molar-refractivity contribution in [1.82, 2.24) is 0 Å². The van der Waals surface area contributed by atoms with Crippen LogP contribution in [-0.2, 0) is 4.74 Å². The summed E-state index contributed by atoms with van der Waals surface area (Å²) < 4.78 is 5.16. The third-order valence-electron chi connectivity index (χ3n) is 3.48. The fraction of sp³-hybridized carbons (Fsp3) is 0.588. The number of benzene rings is 1. The topological polar surface area (TPSA) is 55.6 Å². The number of hydrogen-bond donors (Lipinski definition) is 1. The molecule has 0 aromatic heterocycles. The van der Waals surface area contributed by atoms with E-state index in [1.54, 1.807) is 12.1 Å². The van der Waals surface area contributed by atoms with Crippen LogP contribution in [0.5, 0.6) is 0 Å². The molecule has 0 heterocycles. The molecule has 0 atom stereocenters. The van der Waals surface area contributed by atoms with E-state index < -0.39 is 0 Å². The minimum absolute atomic E-state index is 0.278. The monoisotopic (exact) mass is 292 g/mol. The van der Waals surface area contributed by atoms with Gasteiger partial charge in [-0.25, -0.2) is 4.79 Å². The smallest absolute Gasteiger partial charge is 0.340 e. The second-order valence-electron chi connectivity index (χ2n) is 5.46. The Hall–Kier alpha value is -1.71. The highest BCUT2D eigenvalue weighted by atomic mass is 16.5.